The van der Waals surface area contributed by atoms with Crippen molar-refractivity contribution in [2.75, 3.05) is 0 Å². The zero-order valence-electron chi connectivity index (χ0n) is 9.12. The molecule has 1 aromatic rings. The SMILES string of the molecule is O=C(O)C1CCC1NCc1cc(F)ccc1F. The zero-order chi connectivity index (χ0) is 12.4. The second-order valence-corrected chi connectivity index (χ2v) is 4.25. The number of rotatable bonds is 4. The minimum atomic E-state index is -0.839. The van der Waals surface area contributed by atoms with Gasteiger partial charge in [0.05, 0.1) is 5.92 Å². The molecular weight excluding hydrogens is 228 g/mol. The van der Waals surface area contributed by atoms with E-state index in [1.54, 1.807) is 0 Å². The van der Waals surface area contributed by atoms with Crippen molar-refractivity contribution in [2.45, 2.75) is 25.4 Å². The molecule has 0 amide bonds. The fourth-order valence-electron chi connectivity index (χ4n) is 1.96. The van der Waals surface area contributed by atoms with Crippen LogP contribution in [0.25, 0.3) is 0 Å². The van der Waals surface area contributed by atoms with Gasteiger partial charge in [0.25, 0.3) is 0 Å². The lowest BCUT2D eigenvalue weighted by molar-refractivity contribution is -0.146. The molecule has 0 aliphatic heterocycles. The summed E-state index contributed by atoms with van der Waals surface area (Å²) in [4.78, 5) is 10.8. The highest BCUT2D eigenvalue weighted by atomic mass is 19.1. The van der Waals surface area contributed by atoms with Crippen molar-refractivity contribution in [3.8, 4) is 0 Å². The maximum absolute atomic E-state index is 13.3. The van der Waals surface area contributed by atoms with Crippen LogP contribution in [0.15, 0.2) is 18.2 Å². The Hall–Kier alpha value is -1.49. The van der Waals surface area contributed by atoms with E-state index in [9.17, 15) is 13.6 Å². The van der Waals surface area contributed by atoms with E-state index >= 15 is 0 Å². The van der Waals surface area contributed by atoms with Crippen LogP contribution in [-0.4, -0.2) is 17.1 Å². The molecule has 1 aliphatic rings. The summed E-state index contributed by atoms with van der Waals surface area (Å²) in [6, 6.07) is 3.11. The smallest absolute Gasteiger partial charge is 0.308 e. The lowest BCUT2D eigenvalue weighted by Gasteiger charge is -2.34. The fraction of sp³-hybridized carbons (Fsp3) is 0.417. The quantitative estimate of drug-likeness (QED) is 0.846. The Morgan fingerprint density at radius 1 is 1.41 bits per heavy atom. The van der Waals surface area contributed by atoms with Crippen LogP contribution in [0.3, 0.4) is 0 Å². The topological polar surface area (TPSA) is 49.3 Å². The number of hydrogen-bond donors (Lipinski definition) is 2. The fourth-order valence-corrected chi connectivity index (χ4v) is 1.96. The first-order valence-electron chi connectivity index (χ1n) is 5.48. The molecule has 0 heterocycles. The van der Waals surface area contributed by atoms with Crippen LogP contribution in [0.2, 0.25) is 0 Å². The number of nitrogens with one attached hydrogen (secondary N) is 1. The van der Waals surface area contributed by atoms with E-state index in [1.165, 1.54) is 0 Å². The van der Waals surface area contributed by atoms with Gasteiger partial charge in [-0.2, -0.15) is 0 Å². The molecule has 2 atom stereocenters. The van der Waals surface area contributed by atoms with Gasteiger partial charge in [-0.3, -0.25) is 4.79 Å². The molecule has 1 aromatic carbocycles. The number of carboxylic acid groups (broad SMARTS) is 1. The summed E-state index contributed by atoms with van der Waals surface area (Å²) < 4.78 is 26.2. The summed E-state index contributed by atoms with van der Waals surface area (Å²) >= 11 is 0. The molecule has 1 aliphatic carbocycles. The van der Waals surface area contributed by atoms with Crippen molar-refractivity contribution >= 4 is 5.97 Å². The second kappa shape index (κ2) is 4.79. The number of halogens is 2. The van der Waals surface area contributed by atoms with Crippen LogP contribution in [0.4, 0.5) is 8.78 Å². The molecular formula is C12H13F2NO2. The number of benzene rings is 1. The van der Waals surface area contributed by atoms with E-state index in [0.29, 0.717) is 6.42 Å². The van der Waals surface area contributed by atoms with E-state index in [4.69, 9.17) is 5.11 Å². The number of carbonyl (C=O) groups is 1. The standard InChI is InChI=1S/C12H13F2NO2/c13-8-1-3-10(14)7(5-8)6-15-11-4-2-9(11)12(16)17/h1,3,5,9,11,15H,2,4,6H2,(H,16,17). The Labute approximate surface area is 97.5 Å². The summed E-state index contributed by atoms with van der Waals surface area (Å²) in [5, 5.41) is 11.8. The van der Waals surface area contributed by atoms with E-state index < -0.39 is 23.5 Å². The molecule has 0 saturated heterocycles. The molecule has 2 unspecified atom stereocenters. The van der Waals surface area contributed by atoms with E-state index in [-0.39, 0.29) is 18.2 Å². The Balaban J connectivity index is 1.94. The van der Waals surface area contributed by atoms with Gasteiger partial charge in [-0.05, 0) is 31.0 Å². The van der Waals surface area contributed by atoms with E-state index in [2.05, 4.69) is 5.32 Å². The summed E-state index contributed by atoms with van der Waals surface area (Å²) in [5.41, 5.74) is 0.223. The van der Waals surface area contributed by atoms with E-state index in [1.807, 2.05) is 0 Å². The lowest BCUT2D eigenvalue weighted by atomic mass is 9.79. The van der Waals surface area contributed by atoms with Crippen molar-refractivity contribution in [3.63, 3.8) is 0 Å². The monoisotopic (exact) mass is 241 g/mol. The average Bonchev–Trinajstić information content (AvgIpc) is 2.21. The van der Waals surface area contributed by atoms with Gasteiger partial charge in [0.1, 0.15) is 11.6 Å². The number of aliphatic carboxylic acids is 1. The second-order valence-electron chi connectivity index (χ2n) is 4.25. The maximum atomic E-state index is 13.3. The Morgan fingerprint density at radius 3 is 2.76 bits per heavy atom. The van der Waals surface area contributed by atoms with Crippen LogP contribution in [-0.2, 0) is 11.3 Å². The molecule has 5 heteroatoms. The molecule has 2 rings (SSSR count). The zero-order valence-corrected chi connectivity index (χ0v) is 9.12. The van der Waals surface area contributed by atoms with Crippen molar-refractivity contribution < 1.29 is 18.7 Å². The molecule has 1 fully saturated rings. The van der Waals surface area contributed by atoms with Gasteiger partial charge < -0.3 is 10.4 Å². The molecule has 0 bridgehead atoms. The predicted molar refractivity (Wildman–Crippen MR) is 57.3 cm³/mol. The first-order valence-corrected chi connectivity index (χ1v) is 5.48. The Morgan fingerprint density at radius 2 is 2.18 bits per heavy atom. The summed E-state index contributed by atoms with van der Waals surface area (Å²) in [6.07, 6.45) is 1.40. The van der Waals surface area contributed by atoms with Gasteiger partial charge in [0.2, 0.25) is 0 Å². The normalized spacial score (nSPS) is 23.2. The number of hydrogen-bond acceptors (Lipinski definition) is 2. The predicted octanol–water partition coefficient (Wildman–Crippen LogP) is 1.92. The van der Waals surface area contributed by atoms with Crippen LogP contribution in [0.1, 0.15) is 18.4 Å². The molecule has 3 nitrogen and oxygen atoms in total. The minimum absolute atomic E-state index is 0.143. The van der Waals surface area contributed by atoms with E-state index in [0.717, 1.165) is 24.6 Å². The third-order valence-electron chi connectivity index (χ3n) is 3.15. The lowest BCUT2D eigenvalue weighted by Crippen LogP contribution is -2.47. The van der Waals surface area contributed by atoms with Crippen molar-refractivity contribution in [1.82, 2.24) is 5.32 Å². The van der Waals surface area contributed by atoms with Gasteiger partial charge in [-0.1, -0.05) is 0 Å². The highest BCUT2D eigenvalue weighted by Crippen LogP contribution is 2.27. The summed E-state index contributed by atoms with van der Waals surface area (Å²) in [6.45, 7) is 0.151. The Bertz CT molecular complexity index is 437. The summed E-state index contributed by atoms with van der Waals surface area (Å²) in [5.74, 6) is -2.23. The molecule has 0 radical (unpaired) electrons. The first-order chi connectivity index (χ1) is 8.08. The minimum Gasteiger partial charge on any atom is -0.481 e. The van der Waals surface area contributed by atoms with Crippen molar-refractivity contribution in [1.29, 1.82) is 0 Å². The first kappa shape index (κ1) is 12.0. The maximum Gasteiger partial charge on any atom is 0.308 e. The van der Waals surface area contributed by atoms with Crippen molar-refractivity contribution in [3.05, 3.63) is 35.4 Å². The molecule has 0 spiro atoms. The van der Waals surface area contributed by atoms with Crippen LogP contribution < -0.4 is 5.32 Å². The third-order valence-corrected chi connectivity index (χ3v) is 3.15. The van der Waals surface area contributed by atoms with Gasteiger partial charge in [0, 0.05) is 18.2 Å². The molecule has 1 saturated carbocycles. The third kappa shape index (κ3) is 2.61. The number of carboxylic acids is 1. The average molecular weight is 241 g/mol. The van der Waals surface area contributed by atoms with Crippen LogP contribution in [0.5, 0.6) is 0 Å². The van der Waals surface area contributed by atoms with Gasteiger partial charge >= 0.3 is 5.97 Å². The largest absolute Gasteiger partial charge is 0.481 e. The molecule has 17 heavy (non-hydrogen) atoms. The van der Waals surface area contributed by atoms with Gasteiger partial charge in [-0.15, -0.1) is 0 Å². The molecule has 0 aromatic heterocycles. The van der Waals surface area contributed by atoms with Crippen molar-refractivity contribution in [2.24, 2.45) is 5.92 Å². The van der Waals surface area contributed by atoms with Gasteiger partial charge in [-0.25, -0.2) is 8.78 Å². The highest BCUT2D eigenvalue weighted by molar-refractivity contribution is 5.72. The highest BCUT2D eigenvalue weighted by Gasteiger charge is 2.36. The van der Waals surface area contributed by atoms with Gasteiger partial charge in [0.15, 0.2) is 0 Å². The summed E-state index contributed by atoms with van der Waals surface area (Å²) in [7, 11) is 0. The molecule has 2 N–H and O–H groups in total. The Kier molecular flexibility index (Phi) is 3.38. The van der Waals surface area contributed by atoms with Crippen LogP contribution >= 0.6 is 0 Å². The van der Waals surface area contributed by atoms with Crippen LogP contribution in [0, 0.1) is 17.6 Å². The molecule has 92 valence electrons.